The van der Waals surface area contributed by atoms with E-state index in [1.807, 2.05) is 15.9 Å². The first-order valence-corrected chi connectivity index (χ1v) is 11.2. The molecule has 168 valence electrons. The van der Waals surface area contributed by atoms with E-state index in [4.69, 9.17) is 21.3 Å². The number of esters is 1. The second-order valence-corrected chi connectivity index (χ2v) is 10.0. The third kappa shape index (κ3) is 3.43. The van der Waals surface area contributed by atoms with Gasteiger partial charge in [-0.2, -0.15) is 0 Å². The maximum atomic E-state index is 14.0. The molecule has 6 nitrogen and oxygen atoms in total. The van der Waals surface area contributed by atoms with Gasteiger partial charge in [0.05, 0.1) is 23.5 Å². The molecule has 5 rings (SSSR count). The lowest BCUT2D eigenvalue weighted by atomic mass is 9.91. The lowest BCUT2D eigenvalue weighted by Gasteiger charge is -2.22. The molecular weight excluding hydrogens is 433 g/mol. The molecule has 0 N–H and O–H groups in total. The number of hydrogen-bond donors (Lipinski definition) is 0. The molecule has 2 aliphatic heterocycles. The summed E-state index contributed by atoms with van der Waals surface area (Å²) in [6.07, 6.45) is 0.431. The molecule has 2 fully saturated rings. The number of halogens is 2. The van der Waals surface area contributed by atoms with Crippen LogP contribution in [0.1, 0.15) is 36.5 Å². The van der Waals surface area contributed by atoms with Crippen LogP contribution in [0.2, 0.25) is 5.02 Å². The highest BCUT2D eigenvalue weighted by atomic mass is 35.5. The largest absolute Gasteiger partial charge is 0.469 e. The van der Waals surface area contributed by atoms with Crippen LogP contribution in [0.3, 0.4) is 0 Å². The highest BCUT2D eigenvalue weighted by molar-refractivity contribution is 6.30. The molecule has 1 saturated carbocycles. The van der Waals surface area contributed by atoms with Crippen LogP contribution in [-0.4, -0.2) is 48.5 Å². The molecule has 1 amide bonds. The summed E-state index contributed by atoms with van der Waals surface area (Å²) in [6, 6.07) is 8.41. The maximum Gasteiger partial charge on any atom is 0.305 e. The number of rotatable bonds is 4. The van der Waals surface area contributed by atoms with E-state index >= 15 is 0 Å². The van der Waals surface area contributed by atoms with Gasteiger partial charge in [0.15, 0.2) is 0 Å². The summed E-state index contributed by atoms with van der Waals surface area (Å²) in [5, 5.41) is 0.0870. The number of anilines is 2. The van der Waals surface area contributed by atoms with Crippen molar-refractivity contribution in [2.24, 2.45) is 17.8 Å². The molecule has 3 heterocycles. The van der Waals surface area contributed by atoms with Gasteiger partial charge in [-0.05, 0) is 48.1 Å². The third-order valence-electron chi connectivity index (χ3n) is 7.08. The summed E-state index contributed by atoms with van der Waals surface area (Å²) in [5.74, 6) is 0.344. The number of methoxy groups -OCH3 is 1. The average Bonchev–Trinajstić information content (AvgIpc) is 3.10. The summed E-state index contributed by atoms with van der Waals surface area (Å²) in [5.41, 5.74) is 2.52. The van der Waals surface area contributed by atoms with E-state index in [9.17, 15) is 14.0 Å². The Hall–Kier alpha value is -2.67. The van der Waals surface area contributed by atoms with Crippen molar-refractivity contribution < 1.29 is 18.7 Å². The number of piperidine rings is 1. The smallest absolute Gasteiger partial charge is 0.305 e. The number of hydrogen-bond acceptors (Lipinski definition) is 5. The summed E-state index contributed by atoms with van der Waals surface area (Å²) in [7, 11) is 1.40. The standard InChI is InChI=1S/C24H25ClFN3O3/c1-24(2)12-29(13-4-5-17(25)18(26)8-13)20-7-6-19(27-22(20)24)23(31)28-10-15-14(16(15)11-28)9-21(30)32-3/h4-8,14-16H,9-12H2,1-3H3/t14?,15-,16+. The molecule has 1 aromatic carbocycles. The van der Waals surface area contributed by atoms with E-state index in [-0.39, 0.29) is 22.3 Å². The topological polar surface area (TPSA) is 62.7 Å². The fraction of sp³-hybridized carbons (Fsp3) is 0.458. The van der Waals surface area contributed by atoms with Crippen molar-refractivity contribution in [2.75, 3.05) is 31.6 Å². The number of amides is 1. The average molecular weight is 458 g/mol. The SMILES string of the molecule is COC(=O)CC1[C@H]2CN(C(=O)c3ccc4c(n3)C(C)(C)CN4c3ccc(Cl)c(F)c3)C[C@@H]12. The molecule has 2 aromatic rings. The van der Waals surface area contributed by atoms with E-state index in [0.29, 0.717) is 55.2 Å². The summed E-state index contributed by atoms with van der Waals surface area (Å²) in [4.78, 5) is 33.3. The Bertz CT molecular complexity index is 1110. The number of nitrogens with zero attached hydrogens (tertiary/aromatic N) is 3. The second-order valence-electron chi connectivity index (χ2n) is 9.61. The lowest BCUT2D eigenvalue weighted by molar-refractivity contribution is -0.141. The van der Waals surface area contributed by atoms with E-state index in [1.54, 1.807) is 18.2 Å². The first-order valence-electron chi connectivity index (χ1n) is 10.8. The second kappa shape index (κ2) is 7.44. The molecule has 1 unspecified atom stereocenters. The summed E-state index contributed by atoms with van der Waals surface area (Å²) in [6.45, 7) is 6.08. The number of pyridine rings is 1. The van der Waals surface area contributed by atoms with E-state index in [0.717, 1.165) is 11.4 Å². The fourth-order valence-electron chi connectivity index (χ4n) is 5.28. The number of carbonyl (C=O) groups excluding carboxylic acids is 2. The van der Waals surface area contributed by atoms with Crippen molar-refractivity contribution >= 4 is 34.9 Å². The summed E-state index contributed by atoms with van der Waals surface area (Å²) >= 11 is 5.84. The van der Waals surface area contributed by atoms with Gasteiger partial charge in [-0.25, -0.2) is 9.37 Å². The van der Waals surface area contributed by atoms with Crippen LogP contribution in [-0.2, 0) is 14.9 Å². The molecule has 8 heteroatoms. The van der Waals surface area contributed by atoms with Crippen LogP contribution in [0, 0.1) is 23.6 Å². The van der Waals surface area contributed by atoms with Crippen LogP contribution in [0.5, 0.6) is 0 Å². The van der Waals surface area contributed by atoms with Crippen LogP contribution < -0.4 is 4.90 Å². The maximum absolute atomic E-state index is 14.0. The Labute approximate surface area is 191 Å². The van der Waals surface area contributed by atoms with E-state index in [1.165, 1.54) is 13.2 Å². The normalized spacial score (nSPS) is 24.8. The molecule has 1 aliphatic carbocycles. The monoisotopic (exact) mass is 457 g/mol. The minimum Gasteiger partial charge on any atom is -0.469 e. The molecule has 1 aromatic heterocycles. The number of aromatic nitrogens is 1. The highest BCUT2D eigenvalue weighted by Crippen LogP contribution is 2.54. The zero-order chi connectivity index (χ0) is 22.8. The molecule has 0 bridgehead atoms. The third-order valence-corrected chi connectivity index (χ3v) is 7.39. The Balaban J connectivity index is 1.34. The van der Waals surface area contributed by atoms with Crippen molar-refractivity contribution in [3.05, 3.63) is 52.6 Å². The molecule has 0 spiro atoms. The van der Waals surface area contributed by atoms with Crippen molar-refractivity contribution in [1.29, 1.82) is 0 Å². The highest BCUT2D eigenvalue weighted by Gasteiger charge is 2.57. The Kier molecular flexibility index (Phi) is 4.93. The van der Waals surface area contributed by atoms with Gasteiger partial charge in [0, 0.05) is 37.2 Å². The molecule has 1 saturated heterocycles. The molecule has 32 heavy (non-hydrogen) atoms. The van der Waals surface area contributed by atoms with Gasteiger partial charge in [0.25, 0.3) is 5.91 Å². The van der Waals surface area contributed by atoms with Gasteiger partial charge < -0.3 is 14.5 Å². The number of benzene rings is 1. The lowest BCUT2D eigenvalue weighted by Crippen LogP contribution is -2.33. The Morgan fingerprint density at radius 3 is 2.59 bits per heavy atom. The zero-order valence-corrected chi connectivity index (χ0v) is 19.0. The number of ether oxygens (including phenoxy) is 1. The van der Waals surface area contributed by atoms with Crippen LogP contribution >= 0.6 is 11.6 Å². The summed E-state index contributed by atoms with van der Waals surface area (Å²) < 4.78 is 18.8. The van der Waals surface area contributed by atoms with Crippen LogP contribution in [0.15, 0.2) is 30.3 Å². The minimum absolute atomic E-state index is 0.0800. The minimum atomic E-state index is -0.465. The van der Waals surface area contributed by atoms with Crippen molar-refractivity contribution in [1.82, 2.24) is 9.88 Å². The van der Waals surface area contributed by atoms with Crippen LogP contribution in [0.4, 0.5) is 15.8 Å². The molecule has 3 atom stereocenters. The molecule has 0 radical (unpaired) electrons. The van der Waals surface area contributed by atoms with Crippen molar-refractivity contribution in [3.63, 3.8) is 0 Å². The molecular formula is C24H25ClFN3O3. The number of fused-ring (bicyclic) bond motifs is 2. The van der Waals surface area contributed by atoms with Gasteiger partial charge in [0.1, 0.15) is 11.5 Å². The van der Waals surface area contributed by atoms with Gasteiger partial charge >= 0.3 is 5.97 Å². The van der Waals surface area contributed by atoms with E-state index < -0.39 is 5.82 Å². The van der Waals surface area contributed by atoms with Crippen molar-refractivity contribution in [2.45, 2.75) is 25.7 Å². The van der Waals surface area contributed by atoms with Gasteiger partial charge in [-0.15, -0.1) is 0 Å². The zero-order valence-electron chi connectivity index (χ0n) is 18.3. The van der Waals surface area contributed by atoms with Gasteiger partial charge in [-0.3, -0.25) is 9.59 Å². The van der Waals surface area contributed by atoms with Crippen LogP contribution in [0.25, 0.3) is 0 Å². The number of carbonyl (C=O) groups is 2. The van der Waals surface area contributed by atoms with Gasteiger partial charge in [-0.1, -0.05) is 25.4 Å². The Morgan fingerprint density at radius 2 is 1.94 bits per heavy atom. The van der Waals surface area contributed by atoms with Crippen molar-refractivity contribution in [3.8, 4) is 0 Å². The predicted molar refractivity (Wildman–Crippen MR) is 119 cm³/mol. The predicted octanol–water partition coefficient (Wildman–Crippen LogP) is 4.18. The quantitative estimate of drug-likeness (QED) is 0.644. The molecule has 3 aliphatic rings. The van der Waals surface area contributed by atoms with Gasteiger partial charge in [0.2, 0.25) is 0 Å². The first-order chi connectivity index (χ1) is 15.2. The Morgan fingerprint density at radius 1 is 1.22 bits per heavy atom. The first kappa shape index (κ1) is 21.2. The number of likely N-dealkylation sites (tertiary alicyclic amines) is 1. The van der Waals surface area contributed by atoms with E-state index in [2.05, 4.69) is 13.8 Å². The fourth-order valence-corrected chi connectivity index (χ4v) is 5.40.